The summed E-state index contributed by atoms with van der Waals surface area (Å²) in [5.74, 6) is 0.551. The van der Waals surface area contributed by atoms with Gasteiger partial charge in [0.15, 0.2) is 6.29 Å². The number of nitrogens with zero attached hydrogens (tertiary/aromatic N) is 2. The fraction of sp³-hybridized carbons (Fsp3) is 0.286. The molecule has 0 atom stereocenters. The van der Waals surface area contributed by atoms with Gasteiger partial charge in [-0.25, -0.2) is 0 Å². The Morgan fingerprint density at radius 3 is 2.84 bits per heavy atom. The van der Waals surface area contributed by atoms with E-state index < -0.39 is 0 Å². The molecule has 0 aliphatic rings. The van der Waals surface area contributed by atoms with Crippen molar-refractivity contribution in [1.82, 2.24) is 9.78 Å². The van der Waals surface area contributed by atoms with Crippen LogP contribution in [0.15, 0.2) is 24.3 Å². The summed E-state index contributed by atoms with van der Waals surface area (Å²) >= 11 is 6.20. The zero-order valence-corrected chi connectivity index (χ0v) is 11.6. The minimum atomic E-state index is 0.290. The van der Waals surface area contributed by atoms with E-state index in [-0.39, 0.29) is 0 Å². The summed E-state index contributed by atoms with van der Waals surface area (Å²) in [7, 11) is 0. The summed E-state index contributed by atoms with van der Waals surface area (Å²) in [6, 6.07) is 7.10. The second-order valence-corrected chi connectivity index (χ2v) is 4.48. The lowest BCUT2D eigenvalue weighted by Gasteiger charge is -2.09. The van der Waals surface area contributed by atoms with Gasteiger partial charge in [-0.2, -0.15) is 5.10 Å². The van der Waals surface area contributed by atoms with E-state index >= 15 is 0 Å². The first-order chi connectivity index (χ1) is 9.17. The number of aldehydes is 1. The number of halogens is 1. The number of aromatic nitrogens is 2. The van der Waals surface area contributed by atoms with E-state index in [4.69, 9.17) is 16.3 Å². The van der Waals surface area contributed by atoms with Gasteiger partial charge in [-0.15, -0.1) is 0 Å². The summed E-state index contributed by atoms with van der Waals surface area (Å²) in [4.78, 5) is 10.9. The number of aryl methyl sites for hydroxylation is 2. The van der Waals surface area contributed by atoms with Gasteiger partial charge in [-0.1, -0.05) is 23.7 Å². The lowest BCUT2D eigenvalue weighted by Crippen LogP contribution is -2.07. The third-order valence-corrected chi connectivity index (χ3v) is 3.35. The summed E-state index contributed by atoms with van der Waals surface area (Å²) in [5, 5.41) is 4.93. The van der Waals surface area contributed by atoms with Crippen molar-refractivity contribution >= 4 is 17.9 Å². The van der Waals surface area contributed by atoms with E-state index in [9.17, 15) is 4.79 Å². The number of carbonyl (C=O) groups is 1. The average Bonchev–Trinajstić information content (AvgIpc) is 2.72. The van der Waals surface area contributed by atoms with E-state index in [1.54, 1.807) is 22.9 Å². The van der Waals surface area contributed by atoms with Crippen molar-refractivity contribution in [3.8, 4) is 5.75 Å². The molecule has 1 aromatic carbocycles. The van der Waals surface area contributed by atoms with E-state index in [1.807, 2.05) is 19.9 Å². The smallest absolute Gasteiger partial charge is 0.153 e. The SMILES string of the molecule is CCn1nc(C)c(Cl)c1COc1ccccc1C=O. The second kappa shape index (κ2) is 5.89. The molecule has 5 heteroatoms. The van der Waals surface area contributed by atoms with Crippen LogP contribution in [0, 0.1) is 6.92 Å². The van der Waals surface area contributed by atoms with Crippen LogP contribution in [0.3, 0.4) is 0 Å². The van der Waals surface area contributed by atoms with E-state index in [1.165, 1.54) is 0 Å². The molecule has 0 radical (unpaired) electrons. The Hall–Kier alpha value is -1.81. The highest BCUT2D eigenvalue weighted by Crippen LogP contribution is 2.23. The van der Waals surface area contributed by atoms with Crippen LogP contribution in [0.5, 0.6) is 5.75 Å². The van der Waals surface area contributed by atoms with Crippen molar-refractivity contribution in [2.75, 3.05) is 0 Å². The molecule has 2 rings (SSSR count). The summed E-state index contributed by atoms with van der Waals surface area (Å²) in [5.41, 5.74) is 2.13. The van der Waals surface area contributed by atoms with Crippen LogP contribution in [0.4, 0.5) is 0 Å². The fourth-order valence-corrected chi connectivity index (χ4v) is 2.05. The fourth-order valence-electron chi connectivity index (χ4n) is 1.86. The highest BCUT2D eigenvalue weighted by Gasteiger charge is 2.13. The van der Waals surface area contributed by atoms with Gasteiger partial charge in [0.25, 0.3) is 0 Å². The van der Waals surface area contributed by atoms with Crippen molar-refractivity contribution in [2.24, 2.45) is 0 Å². The van der Waals surface area contributed by atoms with Crippen molar-refractivity contribution < 1.29 is 9.53 Å². The molecule has 0 spiro atoms. The summed E-state index contributed by atoms with van der Waals surface area (Å²) in [6.07, 6.45) is 0.777. The second-order valence-electron chi connectivity index (χ2n) is 4.11. The van der Waals surface area contributed by atoms with Gasteiger partial charge < -0.3 is 4.74 Å². The van der Waals surface area contributed by atoms with Crippen LogP contribution in [-0.2, 0) is 13.2 Å². The van der Waals surface area contributed by atoms with Gasteiger partial charge in [0.1, 0.15) is 12.4 Å². The Bertz CT molecular complexity index is 593. The normalized spacial score (nSPS) is 10.5. The highest BCUT2D eigenvalue weighted by molar-refractivity contribution is 6.31. The summed E-state index contributed by atoms with van der Waals surface area (Å²) < 4.78 is 7.48. The first kappa shape index (κ1) is 13.6. The summed E-state index contributed by atoms with van der Waals surface area (Å²) in [6.45, 7) is 4.86. The largest absolute Gasteiger partial charge is 0.487 e. The Balaban J connectivity index is 2.21. The lowest BCUT2D eigenvalue weighted by atomic mass is 10.2. The number of carbonyl (C=O) groups excluding carboxylic acids is 1. The van der Waals surface area contributed by atoms with Gasteiger partial charge >= 0.3 is 0 Å². The molecular weight excluding hydrogens is 264 g/mol. The molecule has 0 fully saturated rings. The topological polar surface area (TPSA) is 44.1 Å². The quantitative estimate of drug-likeness (QED) is 0.789. The van der Waals surface area contributed by atoms with Gasteiger partial charge in [-0.3, -0.25) is 9.48 Å². The van der Waals surface area contributed by atoms with Crippen molar-refractivity contribution in [3.05, 3.63) is 46.2 Å². The third kappa shape index (κ3) is 2.79. The number of hydrogen-bond acceptors (Lipinski definition) is 3. The Morgan fingerprint density at radius 1 is 1.42 bits per heavy atom. The van der Waals surface area contributed by atoms with E-state index in [2.05, 4.69) is 5.10 Å². The Morgan fingerprint density at radius 2 is 2.16 bits per heavy atom. The zero-order valence-electron chi connectivity index (χ0n) is 10.9. The maximum atomic E-state index is 10.9. The molecule has 0 saturated heterocycles. The monoisotopic (exact) mass is 278 g/mol. The van der Waals surface area contributed by atoms with Crippen LogP contribution in [0.1, 0.15) is 28.7 Å². The molecule has 0 N–H and O–H groups in total. The molecule has 4 nitrogen and oxygen atoms in total. The minimum Gasteiger partial charge on any atom is -0.487 e. The van der Waals surface area contributed by atoms with Crippen molar-refractivity contribution in [1.29, 1.82) is 0 Å². The molecule has 0 saturated carbocycles. The van der Waals surface area contributed by atoms with Crippen molar-refractivity contribution in [2.45, 2.75) is 27.0 Å². The van der Waals surface area contributed by atoms with Crippen LogP contribution >= 0.6 is 11.6 Å². The Labute approximate surface area is 116 Å². The number of para-hydroxylation sites is 1. The number of hydrogen-bond donors (Lipinski definition) is 0. The van der Waals surface area contributed by atoms with Crippen LogP contribution in [-0.4, -0.2) is 16.1 Å². The molecular formula is C14H15ClN2O2. The van der Waals surface area contributed by atoms with E-state index in [0.717, 1.165) is 24.2 Å². The predicted molar refractivity (Wildman–Crippen MR) is 73.8 cm³/mol. The molecule has 0 amide bonds. The van der Waals surface area contributed by atoms with Crippen LogP contribution < -0.4 is 4.74 Å². The van der Waals surface area contributed by atoms with Crippen molar-refractivity contribution in [3.63, 3.8) is 0 Å². The van der Waals surface area contributed by atoms with E-state index in [0.29, 0.717) is 22.9 Å². The van der Waals surface area contributed by atoms with Gasteiger partial charge in [0.2, 0.25) is 0 Å². The molecule has 100 valence electrons. The molecule has 1 heterocycles. The Kier molecular flexibility index (Phi) is 4.22. The standard InChI is InChI=1S/C14H15ClN2O2/c1-3-17-12(14(15)10(2)16-17)9-19-13-7-5-4-6-11(13)8-18/h4-8H,3,9H2,1-2H3. The van der Waals surface area contributed by atoms with Gasteiger partial charge in [-0.05, 0) is 26.0 Å². The van der Waals surface area contributed by atoms with Crippen LogP contribution in [0.25, 0.3) is 0 Å². The highest BCUT2D eigenvalue weighted by atomic mass is 35.5. The van der Waals surface area contributed by atoms with Crippen LogP contribution in [0.2, 0.25) is 5.02 Å². The minimum absolute atomic E-state index is 0.290. The lowest BCUT2D eigenvalue weighted by molar-refractivity contribution is 0.111. The van der Waals surface area contributed by atoms with Gasteiger partial charge in [0, 0.05) is 6.54 Å². The first-order valence-electron chi connectivity index (χ1n) is 6.06. The predicted octanol–water partition coefficient (Wildman–Crippen LogP) is 3.26. The van der Waals surface area contributed by atoms with Gasteiger partial charge in [0.05, 0.1) is 22.0 Å². The molecule has 19 heavy (non-hydrogen) atoms. The number of ether oxygens (including phenoxy) is 1. The molecule has 2 aromatic rings. The third-order valence-electron chi connectivity index (χ3n) is 2.86. The molecule has 0 aliphatic heterocycles. The first-order valence-corrected chi connectivity index (χ1v) is 6.44. The average molecular weight is 279 g/mol. The molecule has 1 aromatic heterocycles. The molecule has 0 unspecified atom stereocenters. The zero-order chi connectivity index (χ0) is 13.8. The molecule has 0 aliphatic carbocycles. The number of benzene rings is 1. The number of rotatable bonds is 5. The maximum absolute atomic E-state index is 10.9. The maximum Gasteiger partial charge on any atom is 0.153 e. The molecule has 0 bridgehead atoms.